The van der Waals surface area contributed by atoms with E-state index in [1.165, 1.54) is 33.5 Å². The number of benzene rings is 1. The highest BCUT2D eigenvalue weighted by atomic mass is 32.2. The number of rotatable bonds is 6. The van der Waals surface area contributed by atoms with E-state index in [0.717, 1.165) is 19.1 Å². The largest absolute Gasteiger partial charge is 0.492 e. The van der Waals surface area contributed by atoms with Crippen molar-refractivity contribution >= 4 is 15.9 Å². The van der Waals surface area contributed by atoms with E-state index >= 15 is 0 Å². The van der Waals surface area contributed by atoms with Crippen molar-refractivity contribution in [2.45, 2.75) is 25.3 Å². The summed E-state index contributed by atoms with van der Waals surface area (Å²) in [5.41, 5.74) is 0. The zero-order valence-electron chi connectivity index (χ0n) is 13.9. The van der Waals surface area contributed by atoms with Crippen LogP contribution in [-0.4, -0.2) is 62.6 Å². The molecule has 24 heavy (non-hydrogen) atoms. The molecule has 1 amide bonds. The van der Waals surface area contributed by atoms with Gasteiger partial charge in [0.05, 0.1) is 12.8 Å². The molecule has 1 saturated heterocycles. The SMILES string of the molecule is CN(CCOc1ccc(F)cc1)C(=O)C1CCCCN1S(C)(=O)=O. The number of ether oxygens (including phenoxy) is 1. The van der Waals surface area contributed by atoms with E-state index in [4.69, 9.17) is 4.74 Å². The van der Waals surface area contributed by atoms with Gasteiger partial charge in [-0.2, -0.15) is 4.31 Å². The second kappa shape index (κ2) is 7.94. The Morgan fingerprint density at radius 3 is 2.62 bits per heavy atom. The Bertz CT molecular complexity index is 663. The van der Waals surface area contributed by atoms with Crippen LogP contribution in [-0.2, 0) is 14.8 Å². The Hall–Kier alpha value is -1.67. The van der Waals surface area contributed by atoms with Gasteiger partial charge in [0.1, 0.15) is 24.2 Å². The van der Waals surface area contributed by atoms with E-state index in [-0.39, 0.29) is 18.3 Å². The summed E-state index contributed by atoms with van der Waals surface area (Å²) in [6.45, 7) is 0.957. The molecule has 1 aromatic carbocycles. The van der Waals surface area contributed by atoms with Gasteiger partial charge in [-0.15, -0.1) is 0 Å². The van der Waals surface area contributed by atoms with Gasteiger partial charge in [0.15, 0.2) is 0 Å². The molecule has 1 aromatic rings. The third-order valence-corrected chi connectivity index (χ3v) is 5.34. The molecule has 2 rings (SSSR count). The first-order valence-corrected chi connectivity index (χ1v) is 9.74. The number of piperidine rings is 1. The van der Waals surface area contributed by atoms with E-state index in [0.29, 0.717) is 25.3 Å². The van der Waals surface area contributed by atoms with Crippen LogP contribution in [0, 0.1) is 5.82 Å². The average molecular weight is 358 g/mol. The maximum absolute atomic E-state index is 12.8. The first-order valence-electron chi connectivity index (χ1n) is 7.89. The lowest BCUT2D eigenvalue weighted by atomic mass is 10.0. The van der Waals surface area contributed by atoms with Gasteiger partial charge in [-0.05, 0) is 37.1 Å². The van der Waals surface area contributed by atoms with Crippen molar-refractivity contribution in [3.05, 3.63) is 30.1 Å². The van der Waals surface area contributed by atoms with Crippen LogP contribution in [0.4, 0.5) is 4.39 Å². The average Bonchev–Trinajstić information content (AvgIpc) is 2.55. The quantitative estimate of drug-likeness (QED) is 0.772. The highest BCUT2D eigenvalue weighted by Gasteiger charge is 2.35. The molecule has 1 aliphatic rings. The molecule has 0 aliphatic carbocycles. The predicted molar refractivity (Wildman–Crippen MR) is 88.7 cm³/mol. The fourth-order valence-corrected chi connectivity index (χ4v) is 3.86. The maximum atomic E-state index is 12.8. The van der Waals surface area contributed by atoms with E-state index in [2.05, 4.69) is 0 Å². The highest BCUT2D eigenvalue weighted by Crippen LogP contribution is 2.21. The summed E-state index contributed by atoms with van der Waals surface area (Å²) in [4.78, 5) is 14.0. The van der Waals surface area contributed by atoms with Crippen molar-refractivity contribution in [2.24, 2.45) is 0 Å². The smallest absolute Gasteiger partial charge is 0.240 e. The topological polar surface area (TPSA) is 66.9 Å². The molecule has 134 valence electrons. The van der Waals surface area contributed by atoms with E-state index in [1.54, 1.807) is 7.05 Å². The molecule has 1 heterocycles. The lowest BCUT2D eigenvalue weighted by Crippen LogP contribution is -2.52. The first kappa shape index (κ1) is 18.7. The van der Waals surface area contributed by atoms with Crippen molar-refractivity contribution in [3.8, 4) is 5.75 Å². The molecule has 1 unspecified atom stereocenters. The summed E-state index contributed by atoms with van der Waals surface area (Å²) in [7, 11) is -1.77. The minimum Gasteiger partial charge on any atom is -0.492 e. The summed E-state index contributed by atoms with van der Waals surface area (Å²) in [6, 6.07) is 5.00. The maximum Gasteiger partial charge on any atom is 0.240 e. The lowest BCUT2D eigenvalue weighted by Gasteiger charge is -2.34. The number of nitrogens with zero attached hydrogens (tertiary/aromatic N) is 2. The second-order valence-electron chi connectivity index (χ2n) is 5.95. The Labute approximate surface area is 142 Å². The van der Waals surface area contributed by atoms with Crippen molar-refractivity contribution in [1.82, 2.24) is 9.21 Å². The normalized spacial score (nSPS) is 19.0. The molecule has 0 saturated carbocycles. The van der Waals surface area contributed by atoms with Gasteiger partial charge < -0.3 is 9.64 Å². The van der Waals surface area contributed by atoms with E-state index in [1.807, 2.05) is 0 Å². The number of likely N-dealkylation sites (N-methyl/N-ethyl adjacent to an activating group) is 1. The minimum atomic E-state index is -3.40. The minimum absolute atomic E-state index is 0.220. The standard InChI is InChI=1S/C16H23FN2O4S/c1-18(11-12-23-14-8-6-13(17)7-9-14)16(20)15-5-3-4-10-19(15)24(2,21)22/h6-9,15H,3-5,10-12H2,1-2H3. The molecule has 0 bridgehead atoms. The molecule has 0 radical (unpaired) electrons. The van der Waals surface area contributed by atoms with Crippen LogP contribution in [0.15, 0.2) is 24.3 Å². The molecule has 1 atom stereocenters. The molecule has 0 spiro atoms. The monoisotopic (exact) mass is 358 g/mol. The fourth-order valence-electron chi connectivity index (χ4n) is 2.74. The van der Waals surface area contributed by atoms with Gasteiger partial charge >= 0.3 is 0 Å². The number of amides is 1. The fraction of sp³-hybridized carbons (Fsp3) is 0.562. The second-order valence-corrected chi connectivity index (χ2v) is 7.88. The molecule has 1 aliphatic heterocycles. The number of carbonyl (C=O) groups excluding carboxylic acids is 1. The number of halogens is 1. The third-order valence-electron chi connectivity index (χ3n) is 4.05. The van der Waals surface area contributed by atoms with E-state index in [9.17, 15) is 17.6 Å². The van der Waals surface area contributed by atoms with Crippen molar-refractivity contribution in [2.75, 3.05) is 33.0 Å². The van der Waals surface area contributed by atoms with Gasteiger partial charge in [0.2, 0.25) is 15.9 Å². The van der Waals surface area contributed by atoms with Gasteiger partial charge in [0, 0.05) is 13.6 Å². The Morgan fingerprint density at radius 2 is 2.00 bits per heavy atom. The predicted octanol–water partition coefficient (Wildman–Crippen LogP) is 1.48. The number of sulfonamides is 1. The van der Waals surface area contributed by atoms with Crippen LogP contribution in [0.3, 0.4) is 0 Å². The van der Waals surface area contributed by atoms with Crippen molar-refractivity contribution in [1.29, 1.82) is 0 Å². The number of hydrogen-bond acceptors (Lipinski definition) is 4. The molecule has 6 nitrogen and oxygen atoms in total. The molecule has 1 fully saturated rings. The summed E-state index contributed by atoms with van der Waals surface area (Å²) in [6.07, 6.45) is 3.28. The molecule has 8 heteroatoms. The zero-order valence-corrected chi connectivity index (χ0v) is 14.8. The lowest BCUT2D eigenvalue weighted by molar-refractivity contribution is -0.135. The molecular formula is C16H23FN2O4S. The van der Waals surface area contributed by atoms with Gasteiger partial charge in [0.25, 0.3) is 0 Å². The summed E-state index contributed by atoms with van der Waals surface area (Å²) in [5.74, 6) is -0.0386. The van der Waals surface area contributed by atoms with Gasteiger partial charge in [-0.25, -0.2) is 12.8 Å². The number of hydrogen-bond donors (Lipinski definition) is 0. The van der Waals surface area contributed by atoms with Gasteiger partial charge in [-0.1, -0.05) is 6.42 Å². The van der Waals surface area contributed by atoms with E-state index < -0.39 is 16.1 Å². The highest BCUT2D eigenvalue weighted by molar-refractivity contribution is 7.88. The van der Waals surface area contributed by atoms with Crippen molar-refractivity contribution in [3.63, 3.8) is 0 Å². The molecular weight excluding hydrogens is 335 g/mol. The summed E-state index contributed by atoms with van der Waals surface area (Å²) in [5, 5.41) is 0. The molecule has 0 N–H and O–H groups in total. The van der Waals surface area contributed by atoms with Crippen molar-refractivity contribution < 1.29 is 22.3 Å². The van der Waals surface area contributed by atoms with Crippen LogP contribution in [0.25, 0.3) is 0 Å². The Kier molecular flexibility index (Phi) is 6.17. The summed E-state index contributed by atoms with van der Waals surface area (Å²) < 4.78 is 43.3. The van der Waals surface area contributed by atoms with Crippen LogP contribution < -0.4 is 4.74 Å². The van der Waals surface area contributed by atoms with Crippen LogP contribution >= 0.6 is 0 Å². The summed E-state index contributed by atoms with van der Waals surface area (Å²) >= 11 is 0. The zero-order chi connectivity index (χ0) is 17.7. The van der Waals surface area contributed by atoms with Crippen LogP contribution in [0.2, 0.25) is 0 Å². The van der Waals surface area contributed by atoms with Crippen LogP contribution in [0.1, 0.15) is 19.3 Å². The third kappa shape index (κ3) is 4.91. The van der Waals surface area contributed by atoms with Crippen LogP contribution in [0.5, 0.6) is 5.75 Å². The van der Waals surface area contributed by atoms with Gasteiger partial charge in [-0.3, -0.25) is 4.79 Å². The Balaban J connectivity index is 1.89. The number of carbonyl (C=O) groups is 1. The first-order chi connectivity index (χ1) is 11.3. The Morgan fingerprint density at radius 1 is 1.33 bits per heavy atom. The molecule has 0 aromatic heterocycles.